The minimum atomic E-state index is -0.953. The number of aliphatic hydroxyl groups excluding tert-OH is 1. The van der Waals surface area contributed by atoms with E-state index in [4.69, 9.17) is 20.1 Å². The fraction of sp³-hybridized carbons (Fsp3) is 0.778. The molecule has 0 aliphatic rings. The Kier molecular flexibility index (Phi) is 7.81. The first kappa shape index (κ1) is 16.3. The number of carbonyl (C=O) groups is 2. The molecule has 0 spiro atoms. The number of hydrogen-bond acceptors (Lipinski definition) is 3. The van der Waals surface area contributed by atoms with Crippen LogP contribution in [-0.2, 0) is 9.59 Å². The third-order valence-corrected chi connectivity index (χ3v) is 1.17. The first-order valence-electron chi connectivity index (χ1n) is 4.44. The van der Waals surface area contributed by atoms with E-state index in [9.17, 15) is 4.79 Å². The third-order valence-electron chi connectivity index (χ3n) is 1.17. The van der Waals surface area contributed by atoms with Crippen LogP contribution >= 0.6 is 0 Å². The van der Waals surface area contributed by atoms with Crippen LogP contribution in [0.4, 0.5) is 0 Å². The summed E-state index contributed by atoms with van der Waals surface area (Å²) in [5, 5.41) is 24.9. The van der Waals surface area contributed by atoms with Gasteiger partial charge in [0.25, 0.3) is 5.97 Å². The predicted molar refractivity (Wildman–Crippen MR) is 54.5 cm³/mol. The monoisotopic (exact) mass is 222 g/mol. The van der Waals surface area contributed by atoms with Crippen LogP contribution in [0.1, 0.15) is 13.3 Å². The van der Waals surface area contributed by atoms with Crippen molar-refractivity contribution < 1.29 is 29.4 Å². The normalized spacial score (nSPS) is 12.3. The first-order chi connectivity index (χ1) is 6.54. The zero-order valence-corrected chi connectivity index (χ0v) is 9.60. The number of hydrogen-bond donors (Lipinski definition) is 3. The molecule has 0 aromatic heterocycles. The van der Waals surface area contributed by atoms with Crippen LogP contribution in [-0.4, -0.2) is 65.5 Å². The van der Waals surface area contributed by atoms with Gasteiger partial charge in [0.2, 0.25) is 0 Å². The molecule has 0 unspecified atom stereocenters. The quantitative estimate of drug-likeness (QED) is 0.563. The maximum Gasteiger partial charge on any atom is 0.306 e. The first-order valence-corrected chi connectivity index (χ1v) is 4.44. The lowest BCUT2D eigenvalue weighted by Gasteiger charge is -2.25. The lowest BCUT2D eigenvalue weighted by molar-refractivity contribution is -0.873. The molecule has 0 amide bonds. The van der Waals surface area contributed by atoms with E-state index < -0.39 is 18.0 Å². The number of aliphatic carboxylic acids is 2. The van der Waals surface area contributed by atoms with Gasteiger partial charge in [0.1, 0.15) is 12.6 Å². The summed E-state index contributed by atoms with van der Waals surface area (Å²) < 4.78 is 0.578. The van der Waals surface area contributed by atoms with Crippen LogP contribution in [0.15, 0.2) is 0 Å². The summed E-state index contributed by atoms with van der Waals surface area (Å²) in [6.45, 7) is 1.55. The Labute approximate surface area is 89.3 Å². The number of carboxylic acid groups (broad SMARTS) is 2. The number of rotatable bonds is 4. The fourth-order valence-corrected chi connectivity index (χ4v) is 0.898. The average molecular weight is 222 g/mol. The Hall–Kier alpha value is -1.14. The van der Waals surface area contributed by atoms with E-state index in [0.717, 1.165) is 6.92 Å². The molecule has 0 radical (unpaired) electrons. The summed E-state index contributed by atoms with van der Waals surface area (Å²) >= 11 is 0. The van der Waals surface area contributed by atoms with Gasteiger partial charge >= 0.3 is 5.97 Å². The molecule has 6 heteroatoms. The zero-order chi connectivity index (χ0) is 12.6. The maximum absolute atomic E-state index is 10.1. The van der Waals surface area contributed by atoms with Crippen molar-refractivity contribution in [2.24, 2.45) is 0 Å². The van der Waals surface area contributed by atoms with E-state index in [1.807, 2.05) is 21.1 Å². The summed E-state index contributed by atoms with van der Waals surface area (Å²) in [5.74, 6) is -1.79. The smallest absolute Gasteiger partial charge is 0.306 e. The number of likely N-dealkylation sites (N-methyl/N-ethyl adjacent to an activating group) is 1. The van der Waals surface area contributed by atoms with Crippen molar-refractivity contribution in [3.63, 3.8) is 0 Å². The van der Waals surface area contributed by atoms with Gasteiger partial charge in [-0.1, -0.05) is 0 Å². The van der Waals surface area contributed by atoms with Crippen LogP contribution in [0, 0.1) is 0 Å². The van der Waals surface area contributed by atoms with Crippen molar-refractivity contribution in [1.82, 2.24) is 0 Å². The predicted octanol–water partition coefficient (Wildman–Crippen LogP) is -0.381. The lowest BCUT2D eigenvalue weighted by atomic mass is 10.2. The molecule has 6 nitrogen and oxygen atoms in total. The van der Waals surface area contributed by atoms with Gasteiger partial charge in [-0.15, -0.1) is 0 Å². The van der Waals surface area contributed by atoms with Crippen molar-refractivity contribution in [2.45, 2.75) is 19.4 Å². The zero-order valence-electron chi connectivity index (χ0n) is 9.60. The van der Waals surface area contributed by atoms with Crippen molar-refractivity contribution in [3.8, 4) is 0 Å². The molecule has 0 aliphatic carbocycles. The molecule has 0 aromatic carbocycles. The Morgan fingerprint density at radius 1 is 1.20 bits per heavy atom. The highest BCUT2D eigenvalue weighted by Crippen LogP contribution is 1.98. The molecule has 15 heavy (non-hydrogen) atoms. The van der Waals surface area contributed by atoms with Crippen LogP contribution < -0.4 is 0 Å². The van der Waals surface area contributed by atoms with E-state index in [2.05, 4.69) is 0 Å². The molecule has 1 atom stereocenters. The molecular weight excluding hydrogens is 202 g/mol. The number of nitrogens with zero attached hydrogens (tertiary/aromatic N) is 1. The Morgan fingerprint density at radius 3 is 1.73 bits per heavy atom. The van der Waals surface area contributed by atoms with E-state index in [1.165, 1.54) is 0 Å². The largest absolute Gasteiger partial charge is 0.481 e. The number of aliphatic hydroxyl groups is 1. The topological polar surface area (TPSA) is 94.8 Å². The number of quaternary nitrogens is 1. The summed E-state index contributed by atoms with van der Waals surface area (Å²) in [5.41, 5.74) is 0. The van der Waals surface area contributed by atoms with Gasteiger partial charge in [0.15, 0.2) is 0 Å². The Bertz CT molecular complexity index is 205. The molecule has 0 saturated heterocycles. The van der Waals surface area contributed by atoms with Gasteiger partial charge in [-0.3, -0.25) is 9.59 Å². The molecular formula is C9H20NO5+. The van der Waals surface area contributed by atoms with Gasteiger partial charge in [-0.05, 0) is 0 Å². The van der Waals surface area contributed by atoms with E-state index >= 15 is 0 Å². The van der Waals surface area contributed by atoms with E-state index in [0.29, 0.717) is 11.0 Å². The molecule has 0 aliphatic heterocycles. The van der Waals surface area contributed by atoms with Crippen LogP contribution in [0.3, 0.4) is 0 Å². The second kappa shape index (κ2) is 7.19. The molecule has 0 bridgehead atoms. The second-order valence-electron chi connectivity index (χ2n) is 4.24. The molecule has 0 fully saturated rings. The fourth-order valence-electron chi connectivity index (χ4n) is 0.898. The minimum absolute atomic E-state index is 0.171. The molecule has 0 saturated carbocycles. The van der Waals surface area contributed by atoms with Crippen molar-refractivity contribution in [2.75, 3.05) is 27.7 Å². The van der Waals surface area contributed by atoms with Crippen molar-refractivity contribution >= 4 is 11.9 Å². The Morgan fingerprint density at radius 2 is 1.53 bits per heavy atom. The maximum atomic E-state index is 10.1. The van der Waals surface area contributed by atoms with Crippen LogP contribution in [0.5, 0.6) is 0 Å². The molecule has 0 heterocycles. The average Bonchev–Trinajstić information content (AvgIpc) is 1.76. The third kappa shape index (κ3) is 24.6. The van der Waals surface area contributed by atoms with Crippen LogP contribution in [0.25, 0.3) is 0 Å². The second-order valence-corrected chi connectivity index (χ2v) is 4.24. The standard InChI is InChI=1S/C7H15NO3.C2H4O2/c1-8(2,3)5-6(9)4-7(10)11;1-2(3)4/h6,9H,4-5H2,1-3H3;1H3,(H,3,4)/p+1/t6-;/m0./s1. The SMILES string of the molecule is CC(=O)O.C[N+](C)(C)C[C@@H](O)CC(=O)O. The van der Waals surface area contributed by atoms with Crippen LogP contribution in [0.2, 0.25) is 0 Å². The summed E-state index contributed by atoms with van der Waals surface area (Å²) in [6, 6.07) is 0. The molecule has 3 N–H and O–H groups in total. The Balaban J connectivity index is 0. The highest BCUT2D eigenvalue weighted by molar-refractivity contribution is 5.67. The van der Waals surface area contributed by atoms with Gasteiger partial charge in [-0.2, -0.15) is 0 Å². The van der Waals surface area contributed by atoms with Crippen molar-refractivity contribution in [3.05, 3.63) is 0 Å². The van der Waals surface area contributed by atoms with Gasteiger partial charge in [0.05, 0.1) is 27.6 Å². The van der Waals surface area contributed by atoms with Crippen molar-refractivity contribution in [1.29, 1.82) is 0 Å². The van der Waals surface area contributed by atoms with Gasteiger partial charge in [-0.25, -0.2) is 0 Å². The highest BCUT2D eigenvalue weighted by Gasteiger charge is 2.17. The molecule has 0 aromatic rings. The summed E-state index contributed by atoms with van der Waals surface area (Å²) in [7, 11) is 5.72. The van der Waals surface area contributed by atoms with E-state index in [-0.39, 0.29) is 6.42 Å². The van der Waals surface area contributed by atoms with Gasteiger partial charge in [0, 0.05) is 6.92 Å². The number of carboxylic acids is 2. The summed E-state index contributed by atoms with van der Waals surface area (Å²) in [4.78, 5) is 19.1. The van der Waals surface area contributed by atoms with E-state index in [1.54, 1.807) is 0 Å². The highest BCUT2D eigenvalue weighted by atomic mass is 16.4. The van der Waals surface area contributed by atoms with Gasteiger partial charge < -0.3 is 19.8 Å². The minimum Gasteiger partial charge on any atom is -0.481 e. The molecule has 90 valence electrons. The molecule has 0 rings (SSSR count). The lowest BCUT2D eigenvalue weighted by Crippen LogP contribution is -2.42. The summed E-state index contributed by atoms with van der Waals surface area (Å²) in [6.07, 6.45) is -0.914.